The molecular weight excluding hydrogens is 464 g/mol. The van der Waals surface area contributed by atoms with Crippen molar-refractivity contribution in [2.24, 2.45) is 0 Å². The molecule has 35 heavy (non-hydrogen) atoms. The number of rotatable bonds is 6. The Hall–Kier alpha value is -3.64. The third-order valence-electron chi connectivity index (χ3n) is 5.60. The van der Waals surface area contributed by atoms with E-state index >= 15 is 0 Å². The first-order chi connectivity index (χ1) is 16.7. The zero-order valence-corrected chi connectivity index (χ0v) is 18.8. The zero-order valence-electron chi connectivity index (χ0n) is 18.8. The van der Waals surface area contributed by atoms with Crippen molar-refractivity contribution in [1.82, 2.24) is 0 Å². The Morgan fingerprint density at radius 2 is 1.74 bits per heavy atom. The number of aromatic hydroxyl groups is 1. The Morgan fingerprint density at radius 3 is 2.40 bits per heavy atom. The number of hydrogen-bond donors (Lipinski definition) is 4. The topological polar surface area (TPSA) is 165 Å². The molecule has 0 spiro atoms. The first kappa shape index (κ1) is 24.5. The summed E-state index contributed by atoms with van der Waals surface area (Å²) in [5.74, 6) is -0.418. The molecule has 3 aromatic rings. The highest BCUT2D eigenvalue weighted by atomic mass is 16.7. The number of aliphatic hydroxyl groups excluding tert-OH is 3. The van der Waals surface area contributed by atoms with Gasteiger partial charge in [-0.05, 0) is 23.8 Å². The summed E-state index contributed by atoms with van der Waals surface area (Å²) in [5.41, 5.74) is 0.610. The van der Waals surface area contributed by atoms with E-state index in [9.17, 15) is 30.0 Å². The van der Waals surface area contributed by atoms with Gasteiger partial charge in [0.25, 0.3) is 0 Å². The molecule has 0 radical (unpaired) electrons. The molecule has 4 N–H and O–H groups in total. The van der Waals surface area contributed by atoms with Gasteiger partial charge in [-0.3, -0.25) is 9.59 Å². The van der Waals surface area contributed by atoms with Crippen LogP contribution in [0.15, 0.2) is 51.9 Å². The van der Waals surface area contributed by atoms with E-state index in [4.69, 9.17) is 23.4 Å². The van der Waals surface area contributed by atoms with Crippen molar-refractivity contribution in [2.75, 3.05) is 13.7 Å². The van der Waals surface area contributed by atoms with Gasteiger partial charge >= 0.3 is 5.97 Å². The van der Waals surface area contributed by atoms with Gasteiger partial charge in [-0.15, -0.1) is 0 Å². The molecule has 1 fully saturated rings. The first-order valence-corrected chi connectivity index (χ1v) is 10.6. The molecule has 2 aromatic carbocycles. The monoisotopic (exact) mass is 488 g/mol. The van der Waals surface area contributed by atoms with Crippen LogP contribution in [0.5, 0.6) is 17.2 Å². The Morgan fingerprint density at radius 1 is 1.03 bits per heavy atom. The molecule has 186 valence electrons. The van der Waals surface area contributed by atoms with Crippen LogP contribution in [-0.4, -0.2) is 70.8 Å². The van der Waals surface area contributed by atoms with Crippen molar-refractivity contribution in [3.05, 3.63) is 52.9 Å². The number of carbonyl (C=O) groups is 1. The predicted molar refractivity (Wildman–Crippen MR) is 120 cm³/mol. The molecular formula is C24H24O11. The second-order valence-electron chi connectivity index (χ2n) is 7.96. The molecule has 2 heterocycles. The molecule has 0 amide bonds. The Balaban J connectivity index is 1.66. The molecule has 1 saturated heterocycles. The molecule has 1 aromatic heterocycles. The summed E-state index contributed by atoms with van der Waals surface area (Å²) in [7, 11) is 1.35. The maximum absolute atomic E-state index is 13.1. The summed E-state index contributed by atoms with van der Waals surface area (Å²) in [5, 5.41) is 40.4. The highest BCUT2D eigenvalue weighted by Gasteiger charge is 2.45. The van der Waals surface area contributed by atoms with Gasteiger partial charge in [0.1, 0.15) is 48.6 Å². The molecule has 0 saturated carbocycles. The van der Waals surface area contributed by atoms with E-state index in [2.05, 4.69) is 0 Å². The van der Waals surface area contributed by atoms with Crippen LogP contribution in [0.2, 0.25) is 0 Å². The second-order valence-corrected chi connectivity index (χ2v) is 7.96. The van der Waals surface area contributed by atoms with Crippen LogP contribution in [-0.2, 0) is 14.3 Å². The van der Waals surface area contributed by atoms with E-state index in [0.717, 1.165) is 0 Å². The lowest BCUT2D eigenvalue weighted by Gasteiger charge is -2.39. The minimum Gasteiger partial charge on any atom is -0.508 e. The van der Waals surface area contributed by atoms with Crippen LogP contribution in [0, 0.1) is 0 Å². The highest BCUT2D eigenvalue weighted by Crippen LogP contribution is 2.35. The van der Waals surface area contributed by atoms with Gasteiger partial charge in [0.2, 0.25) is 11.7 Å². The van der Waals surface area contributed by atoms with Gasteiger partial charge in [-0.2, -0.15) is 0 Å². The lowest BCUT2D eigenvalue weighted by molar-refractivity contribution is -0.278. The molecule has 5 unspecified atom stereocenters. The van der Waals surface area contributed by atoms with Crippen LogP contribution in [0.3, 0.4) is 0 Å². The van der Waals surface area contributed by atoms with E-state index in [0.29, 0.717) is 5.56 Å². The van der Waals surface area contributed by atoms with Crippen molar-refractivity contribution in [2.45, 2.75) is 37.6 Å². The average Bonchev–Trinajstić information content (AvgIpc) is 2.84. The number of aliphatic hydroxyl groups is 3. The van der Waals surface area contributed by atoms with Crippen LogP contribution in [0.1, 0.15) is 6.92 Å². The standard InChI is InChI=1S/C24H24O11/c1-11(25)32-10-19-21(28)22(29)23(30)24(35-19)34-18-8-16-14(7-17(18)31-2)20(27)15(9-33-16)12-3-5-13(26)6-4-12/h3-9,19,21-24,26,28-30H,10H2,1-2H3. The summed E-state index contributed by atoms with van der Waals surface area (Å²) in [6.07, 6.45) is -6.19. The van der Waals surface area contributed by atoms with Crippen LogP contribution < -0.4 is 14.9 Å². The van der Waals surface area contributed by atoms with E-state index in [1.54, 1.807) is 12.1 Å². The van der Waals surface area contributed by atoms with Crippen LogP contribution in [0.25, 0.3) is 22.1 Å². The lowest BCUT2D eigenvalue weighted by atomic mass is 9.99. The van der Waals surface area contributed by atoms with Crippen molar-refractivity contribution in [1.29, 1.82) is 0 Å². The Kier molecular flexibility index (Phi) is 6.94. The van der Waals surface area contributed by atoms with Crippen LogP contribution >= 0.6 is 0 Å². The number of phenolic OH excluding ortho intramolecular Hbond substituents is 1. The molecule has 0 aliphatic carbocycles. The zero-order chi connectivity index (χ0) is 25.3. The van der Waals surface area contributed by atoms with Crippen molar-refractivity contribution in [3.8, 4) is 28.4 Å². The number of phenols is 1. The summed E-state index contributed by atoms with van der Waals surface area (Å²) in [4.78, 5) is 24.2. The van der Waals surface area contributed by atoms with Gasteiger partial charge in [0, 0.05) is 13.0 Å². The Bertz CT molecular complexity index is 1270. The summed E-state index contributed by atoms with van der Waals surface area (Å²) in [6.45, 7) is 0.805. The largest absolute Gasteiger partial charge is 0.508 e. The van der Waals surface area contributed by atoms with Gasteiger partial charge < -0.3 is 43.8 Å². The maximum atomic E-state index is 13.1. The molecule has 0 bridgehead atoms. The minimum absolute atomic E-state index is 0.0272. The molecule has 11 heteroatoms. The Labute approximate surface area is 198 Å². The summed E-state index contributed by atoms with van der Waals surface area (Å²) >= 11 is 0. The quantitative estimate of drug-likeness (QED) is 0.365. The van der Waals surface area contributed by atoms with E-state index in [-0.39, 0.29) is 45.8 Å². The number of methoxy groups -OCH3 is 1. The van der Waals surface area contributed by atoms with Gasteiger partial charge in [0.05, 0.1) is 18.1 Å². The summed E-state index contributed by atoms with van der Waals surface area (Å²) < 4.78 is 27.1. The third-order valence-corrected chi connectivity index (χ3v) is 5.60. The second kappa shape index (κ2) is 9.92. The fraction of sp³-hybridized carbons (Fsp3) is 0.333. The lowest BCUT2D eigenvalue weighted by Crippen LogP contribution is -2.60. The molecule has 5 atom stereocenters. The maximum Gasteiger partial charge on any atom is 0.302 e. The molecule has 1 aliphatic heterocycles. The molecule has 1 aliphatic rings. The van der Waals surface area contributed by atoms with Crippen LogP contribution in [0.4, 0.5) is 0 Å². The summed E-state index contributed by atoms with van der Waals surface area (Å²) in [6, 6.07) is 8.83. The predicted octanol–water partition coefficient (Wildman–Crippen LogP) is 0.924. The minimum atomic E-state index is -1.65. The smallest absolute Gasteiger partial charge is 0.302 e. The first-order valence-electron chi connectivity index (χ1n) is 10.6. The third kappa shape index (κ3) is 4.93. The number of fused-ring (bicyclic) bond motifs is 1. The normalized spacial score (nSPS) is 24.2. The molecule has 11 nitrogen and oxygen atoms in total. The van der Waals surface area contributed by atoms with Gasteiger partial charge in [0.15, 0.2) is 11.5 Å². The van der Waals surface area contributed by atoms with E-state index < -0.39 is 36.7 Å². The number of hydrogen-bond acceptors (Lipinski definition) is 11. The SMILES string of the molecule is COc1cc2c(=O)c(-c3ccc(O)cc3)coc2cc1OC1OC(COC(C)=O)C(O)C(O)C1O. The van der Waals surface area contributed by atoms with E-state index in [1.807, 2.05) is 0 Å². The number of carbonyl (C=O) groups excluding carboxylic acids is 1. The fourth-order valence-corrected chi connectivity index (χ4v) is 3.71. The van der Waals surface area contributed by atoms with Crippen molar-refractivity contribution in [3.63, 3.8) is 0 Å². The van der Waals surface area contributed by atoms with Crippen molar-refractivity contribution < 1.29 is 48.6 Å². The number of esters is 1. The molecule has 4 rings (SSSR count). The average molecular weight is 488 g/mol. The highest BCUT2D eigenvalue weighted by molar-refractivity contribution is 5.84. The number of ether oxygens (including phenoxy) is 4. The van der Waals surface area contributed by atoms with Gasteiger partial charge in [-0.1, -0.05) is 12.1 Å². The van der Waals surface area contributed by atoms with Crippen molar-refractivity contribution >= 4 is 16.9 Å². The van der Waals surface area contributed by atoms with E-state index in [1.165, 1.54) is 44.6 Å². The fourth-order valence-electron chi connectivity index (χ4n) is 3.71. The van der Waals surface area contributed by atoms with Gasteiger partial charge in [-0.25, -0.2) is 0 Å². The number of benzene rings is 2.